The zero-order valence-electron chi connectivity index (χ0n) is 10.9. The monoisotopic (exact) mass is 274 g/mol. The number of nitrogens with zero attached hydrogens (tertiary/aromatic N) is 3. The van der Waals surface area contributed by atoms with E-state index in [4.69, 9.17) is 5.73 Å². The van der Waals surface area contributed by atoms with Gasteiger partial charge < -0.3 is 10.6 Å². The van der Waals surface area contributed by atoms with Crippen molar-refractivity contribution < 1.29 is 0 Å². The van der Waals surface area contributed by atoms with Crippen LogP contribution < -0.4 is 10.6 Å². The molecule has 1 aliphatic rings. The van der Waals surface area contributed by atoms with Gasteiger partial charge in [0.25, 0.3) is 0 Å². The van der Waals surface area contributed by atoms with Gasteiger partial charge in [-0.2, -0.15) is 0 Å². The Morgan fingerprint density at radius 3 is 2.47 bits per heavy atom. The second-order valence-electron chi connectivity index (χ2n) is 4.84. The molecule has 0 amide bonds. The van der Waals surface area contributed by atoms with Crippen molar-refractivity contribution in [3.63, 3.8) is 0 Å². The molecule has 3 rings (SSSR count). The lowest BCUT2D eigenvalue weighted by Gasteiger charge is -2.25. The minimum Gasteiger partial charge on any atom is -0.347 e. The van der Waals surface area contributed by atoms with Crippen LogP contribution in [0.3, 0.4) is 0 Å². The highest BCUT2D eigenvalue weighted by Gasteiger charge is 2.15. The molecule has 0 bridgehead atoms. The van der Waals surface area contributed by atoms with E-state index in [1.807, 2.05) is 0 Å². The highest BCUT2D eigenvalue weighted by molar-refractivity contribution is 7.18. The summed E-state index contributed by atoms with van der Waals surface area (Å²) >= 11 is 1.68. The first kappa shape index (κ1) is 12.6. The second kappa shape index (κ2) is 5.67. The highest BCUT2D eigenvalue weighted by Crippen LogP contribution is 2.30. The van der Waals surface area contributed by atoms with Gasteiger partial charge in [0.2, 0.25) is 5.13 Å². The van der Waals surface area contributed by atoms with E-state index in [1.165, 1.54) is 19.3 Å². The van der Waals surface area contributed by atoms with Crippen LogP contribution in [-0.4, -0.2) is 23.3 Å². The van der Waals surface area contributed by atoms with Crippen LogP contribution in [0.15, 0.2) is 24.3 Å². The van der Waals surface area contributed by atoms with Crippen LogP contribution in [0.25, 0.3) is 10.6 Å². The summed E-state index contributed by atoms with van der Waals surface area (Å²) in [6, 6.07) is 8.25. The maximum Gasteiger partial charge on any atom is 0.208 e. The van der Waals surface area contributed by atoms with E-state index in [2.05, 4.69) is 39.4 Å². The molecule has 0 aliphatic carbocycles. The number of piperidine rings is 1. The molecule has 0 atom stereocenters. The number of benzene rings is 1. The molecule has 1 saturated heterocycles. The van der Waals surface area contributed by atoms with Crippen molar-refractivity contribution in [2.45, 2.75) is 25.8 Å². The van der Waals surface area contributed by atoms with E-state index in [0.717, 1.165) is 34.4 Å². The summed E-state index contributed by atoms with van der Waals surface area (Å²) < 4.78 is 0. The molecule has 0 radical (unpaired) electrons. The molecule has 1 aliphatic heterocycles. The predicted octanol–water partition coefficient (Wildman–Crippen LogP) is 2.65. The van der Waals surface area contributed by atoms with Crippen molar-refractivity contribution in [1.82, 2.24) is 10.2 Å². The Morgan fingerprint density at radius 1 is 1.05 bits per heavy atom. The van der Waals surface area contributed by atoms with Gasteiger partial charge in [-0.25, -0.2) is 0 Å². The Balaban J connectivity index is 1.79. The lowest BCUT2D eigenvalue weighted by atomic mass is 10.1. The highest BCUT2D eigenvalue weighted by atomic mass is 32.1. The zero-order valence-corrected chi connectivity index (χ0v) is 11.7. The largest absolute Gasteiger partial charge is 0.347 e. The third-order valence-corrected chi connectivity index (χ3v) is 4.51. The van der Waals surface area contributed by atoms with Crippen molar-refractivity contribution in [2.24, 2.45) is 5.73 Å². The first-order valence-electron chi connectivity index (χ1n) is 6.74. The van der Waals surface area contributed by atoms with Crippen molar-refractivity contribution >= 4 is 16.5 Å². The smallest absolute Gasteiger partial charge is 0.208 e. The van der Waals surface area contributed by atoms with Gasteiger partial charge in [-0.1, -0.05) is 35.6 Å². The van der Waals surface area contributed by atoms with Crippen LogP contribution in [-0.2, 0) is 6.54 Å². The van der Waals surface area contributed by atoms with Gasteiger partial charge >= 0.3 is 0 Å². The van der Waals surface area contributed by atoms with E-state index in [0.29, 0.717) is 6.54 Å². The fourth-order valence-corrected chi connectivity index (χ4v) is 3.23. The van der Waals surface area contributed by atoms with Gasteiger partial charge in [0, 0.05) is 25.2 Å². The maximum atomic E-state index is 5.61. The van der Waals surface area contributed by atoms with Crippen LogP contribution in [0.5, 0.6) is 0 Å². The van der Waals surface area contributed by atoms with Gasteiger partial charge in [-0.05, 0) is 24.8 Å². The number of anilines is 1. The molecule has 2 N–H and O–H groups in total. The minimum absolute atomic E-state index is 0.579. The summed E-state index contributed by atoms with van der Waals surface area (Å²) in [4.78, 5) is 2.35. The SMILES string of the molecule is NCc1ccc(-c2nnc(N3CCCCC3)s2)cc1. The Bertz CT molecular complexity index is 529. The van der Waals surface area contributed by atoms with Gasteiger partial charge in [0.15, 0.2) is 0 Å². The van der Waals surface area contributed by atoms with E-state index < -0.39 is 0 Å². The summed E-state index contributed by atoms with van der Waals surface area (Å²) in [7, 11) is 0. The molecule has 1 aromatic carbocycles. The molecule has 5 heteroatoms. The quantitative estimate of drug-likeness (QED) is 0.935. The molecular weight excluding hydrogens is 256 g/mol. The first-order valence-corrected chi connectivity index (χ1v) is 7.56. The van der Waals surface area contributed by atoms with Crippen molar-refractivity contribution in [3.05, 3.63) is 29.8 Å². The van der Waals surface area contributed by atoms with Gasteiger partial charge in [0.05, 0.1) is 0 Å². The van der Waals surface area contributed by atoms with Crippen LogP contribution in [0, 0.1) is 0 Å². The molecule has 2 aromatic rings. The maximum absolute atomic E-state index is 5.61. The summed E-state index contributed by atoms with van der Waals surface area (Å²) in [6.45, 7) is 2.80. The average Bonchev–Trinajstić information content (AvgIpc) is 2.98. The van der Waals surface area contributed by atoms with Crippen LogP contribution in [0.4, 0.5) is 5.13 Å². The second-order valence-corrected chi connectivity index (χ2v) is 5.79. The number of rotatable bonds is 3. The topological polar surface area (TPSA) is 55.0 Å². The standard InChI is InChI=1S/C14H18N4S/c15-10-11-4-6-12(7-5-11)13-16-17-14(19-13)18-8-2-1-3-9-18/h4-7H,1-3,8-10,15H2. The van der Waals surface area contributed by atoms with Crippen LogP contribution in [0.1, 0.15) is 24.8 Å². The molecule has 100 valence electrons. The molecule has 0 unspecified atom stereocenters. The normalized spacial score (nSPS) is 15.7. The fourth-order valence-electron chi connectivity index (χ4n) is 2.33. The summed E-state index contributed by atoms with van der Waals surface area (Å²) in [6.07, 6.45) is 3.86. The average molecular weight is 274 g/mol. The lowest BCUT2D eigenvalue weighted by molar-refractivity contribution is 0.575. The lowest BCUT2D eigenvalue weighted by Crippen LogP contribution is -2.29. The molecule has 4 nitrogen and oxygen atoms in total. The molecule has 0 spiro atoms. The Hall–Kier alpha value is -1.46. The Kier molecular flexibility index (Phi) is 3.75. The molecule has 2 heterocycles. The first-order chi connectivity index (χ1) is 9.36. The van der Waals surface area contributed by atoms with Crippen molar-refractivity contribution in [2.75, 3.05) is 18.0 Å². The van der Waals surface area contributed by atoms with Gasteiger partial charge in [-0.15, -0.1) is 10.2 Å². The summed E-state index contributed by atoms with van der Waals surface area (Å²) in [5.41, 5.74) is 7.87. The molecule has 1 fully saturated rings. The number of hydrogen-bond donors (Lipinski definition) is 1. The fraction of sp³-hybridized carbons (Fsp3) is 0.429. The third kappa shape index (κ3) is 2.77. The van der Waals surface area contributed by atoms with E-state index in [9.17, 15) is 0 Å². The van der Waals surface area contributed by atoms with Crippen molar-refractivity contribution in [3.8, 4) is 10.6 Å². The van der Waals surface area contributed by atoms with E-state index in [1.54, 1.807) is 11.3 Å². The van der Waals surface area contributed by atoms with E-state index >= 15 is 0 Å². The predicted molar refractivity (Wildman–Crippen MR) is 79.3 cm³/mol. The van der Waals surface area contributed by atoms with Crippen molar-refractivity contribution in [1.29, 1.82) is 0 Å². The Morgan fingerprint density at radius 2 is 1.79 bits per heavy atom. The zero-order chi connectivity index (χ0) is 13.1. The minimum atomic E-state index is 0.579. The van der Waals surface area contributed by atoms with Gasteiger partial charge in [0.1, 0.15) is 5.01 Å². The summed E-state index contributed by atoms with van der Waals surface area (Å²) in [5.74, 6) is 0. The molecule has 1 aromatic heterocycles. The number of aromatic nitrogens is 2. The number of nitrogens with two attached hydrogens (primary N) is 1. The van der Waals surface area contributed by atoms with Crippen LogP contribution >= 0.6 is 11.3 Å². The Labute approximate surface area is 117 Å². The molecule has 19 heavy (non-hydrogen) atoms. The van der Waals surface area contributed by atoms with Gasteiger partial charge in [-0.3, -0.25) is 0 Å². The molecule has 0 saturated carbocycles. The third-order valence-electron chi connectivity index (χ3n) is 3.48. The summed E-state index contributed by atoms with van der Waals surface area (Å²) in [5, 5.41) is 10.7. The number of hydrogen-bond acceptors (Lipinski definition) is 5. The van der Waals surface area contributed by atoms with Crippen LogP contribution in [0.2, 0.25) is 0 Å². The molecular formula is C14H18N4S. The van der Waals surface area contributed by atoms with E-state index in [-0.39, 0.29) is 0 Å².